The van der Waals surface area contributed by atoms with Crippen LogP contribution in [0.3, 0.4) is 0 Å². The smallest absolute Gasteiger partial charge is 0.354 e. The fourth-order valence-electron chi connectivity index (χ4n) is 2.74. The lowest BCUT2D eigenvalue weighted by atomic mass is 9.92. The molecule has 7 heteroatoms. The van der Waals surface area contributed by atoms with Crippen LogP contribution in [0.1, 0.15) is 37.9 Å². The largest absolute Gasteiger partial charge is 0.477 e. The van der Waals surface area contributed by atoms with Crippen molar-refractivity contribution in [2.75, 3.05) is 0 Å². The van der Waals surface area contributed by atoms with Crippen LogP contribution in [0.5, 0.6) is 0 Å². The average Bonchev–Trinajstić information content (AvgIpc) is 2.73. The van der Waals surface area contributed by atoms with Crippen molar-refractivity contribution < 1.29 is 24.2 Å². The highest BCUT2D eigenvalue weighted by Gasteiger charge is 2.26. The monoisotopic (exact) mass is 409 g/mol. The van der Waals surface area contributed by atoms with Crippen LogP contribution in [0.25, 0.3) is 0 Å². The molecule has 0 spiro atoms. The number of hydrogen-bond donors (Lipinski definition) is 1. The maximum absolute atomic E-state index is 12.8. The Bertz CT molecular complexity index is 1020. The third-order valence-corrected chi connectivity index (χ3v) is 4.50. The number of ether oxygens (including phenoxy) is 1. The SMILES string of the molecule is O=C(OC(=O)C(Cc1ccccc1)c1ccc(Cl)cc1)c1ccc(C(=O)O)nc1. The van der Waals surface area contributed by atoms with Gasteiger partial charge in [-0.15, -0.1) is 0 Å². The van der Waals surface area contributed by atoms with E-state index in [9.17, 15) is 14.4 Å². The molecule has 29 heavy (non-hydrogen) atoms. The molecule has 0 aliphatic carbocycles. The van der Waals surface area contributed by atoms with Gasteiger partial charge in [0.2, 0.25) is 0 Å². The third-order valence-electron chi connectivity index (χ3n) is 4.25. The molecule has 2 aromatic carbocycles. The number of esters is 2. The molecular weight excluding hydrogens is 394 g/mol. The lowest BCUT2D eigenvalue weighted by Gasteiger charge is -2.16. The van der Waals surface area contributed by atoms with Gasteiger partial charge < -0.3 is 9.84 Å². The third kappa shape index (κ3) is 5.27. The first-order valence-electron chi connectivity index (χ1n) is 8.69. The summed E-state index contributed by atoms with van der Waals surface area (Å²) < 4.78 is 5.06. The predicted molar refractivity (Wildman–Crippen MR) is 106 cm³/mol. The molecule has 1 aromatic heterocycles. The molecule has 3 aromatic rings. The standard InChI is InChI=1S/C22H16ClNO5/c23-17-9-6-15(7-10-17)18(12-14-4-2-1-3-5-14)22(28)29-21(27)16-8-11-19(20(25)26)24-13-16/h1-11,13,18H,12H2,(H,25,26). The van der Waals surface area contributed by atoms with Crippen molar-refractivity contribution in [1.82, 2.24) is 4.98 Å². The van der Waals surface area contributed by atoms with E-state index in [4.69, 9.17) is 21.4 Å². The van der Waals surface area contributed by atoms with Gasteiger partial charge in [0, 0.05) is 11.2 Å². The number of carbonyl (C=O) groups excluding carboxylic acids is 2. The number of carboxylic acid groups (broad SMARTS) is 1. The number of carboxylic acids is 1. The fourth-order valence-corrected chi connectivity index (χ4v) is 2.87. The Morgan fingerprint density at radius 1 is 0.966 bits per heavy atom. The summed E-state index contributed by atoms with van der Waals surface area (Å²) in [7, 11) is 0. The van der Waals surface area contributed by atoms with E-state index in [0.29, 0.717) is 17.0 Å². The molecular formula is C22H16ClNO5. The summed E-state index contributed by atoms with van der Waals surface area (Å²) in [4.78, 5) is 39.7. The molecule has 1 atom stereocenters. The highest BCUT2D eigenvalue weighted by molar-refractivity contribution is 6.30. The van der Waals surface area contributed by atoms with Crippen LogP contribution in [-0.4, -0.2) is 28.0 Å². The van der Waals surface area contributed by atoms with Gasteiger partial charge in [-0.1, -0.05) is 54.1 Å². The zero-order valence-electron chi connectivity index (χ0n) is 15.1. The van der Waals surface area contributed by atoms with Gasteiger partial charge in [-0.2, -0.15) is 0 Å². The number of aromatic nitrogens is 1. The van der Waals surface area contributed by atoms with Crippen molar-refractivity contribution in [3.8, 4) is 0 Å². The number of halogens is 1. The maximum atomic E-state index is 12.8. The van der Waals surface area contributed by atoms with Crippen LogP contribution in [0.4, 0.5) is 0 Å². The Labute approximate surface area is 171 Å². The van der Waals surface area contributed by atoms with Gasteiger partial charge in [-0.05, 0) is 41.8 Å². The molecule has 0 bridgehead atoms. The average molecular weight is 410 g/mol. The van der Waals surface area contributed by atoms with Gasteiger partial charge in [0.1, 0.15) is 5.69 Å². The van der Waals surface area contributed by atoms with E-state index in [1.807, 2.05) is 30.3 Å². The Morgan fingerprint density at radius 3 is 2.24 bits per heavy atom. The molecule has 0 amide bonds. The topological polar surface area (TPSA) is 93.6 Å². The summed E-state index contributed by atoms with van der Waals surface area (Å²) in [5.41, 5.74) is 1.34. The lowest BCUT2D eigenvalue weighted by molar-refractivity contribution is -0.139. The van der Waals surface area contributed by atoms with E-state index >= 15 is 0 Å². The summed E-state index contributed by atoms with van der Waals surface area (Å²) in [5, 5.41) is 9.40. The molecule has 1 N–H and O–H groups in total. The fraction of sp³-hybridized carbons (Fsp3) is 0.0909. The van der Waals surface area contributed by atoms with Crippen LogP contribution in [-0.2, 0) is 16.0 Å². The molecule has 146 valence electrons. The minimum absolute atomic E-state index is 0.0158. The Morgan fingerprint density at radius 2 is 1.66 bits per heavy atom. The molecule has 0 aliphatic rings. The van der Waals surface area contributed by atoms with Crippen molar-refractivity contribution in [2.24, 2.45) is 0 Å². The predicted octanol–water partition coefficient (Wildman–Crippen LogP) is 4.14. The van der Waals surface area contributed by atoms with E-state index < -0.39 is 23.8 Å². The Hall–Kier alpha value is -3.51. The van der Waals surface area contributed by atoms with Gasteiger partial charge in [-0.25, -0.2) is 14.6 Å². The number of carbonyl (C=O) groups is 3. The normalized spacial score (nSPS) is 11.5. The number of rotatable bonds is 6. The van der Waals surface area contributed by atoms with Crippen molar-refractivity contribution >= 4 is 29.5 Å². The van der Waals surface area contributed by atoms with Crippen LogP contribution >= 0.6 is 11.6 Å². The molecule has 0 radical (unpaired) electrons. The molecule has 0 aliphatic heterocycles. The molecule has 0 fully saturated rings. The van der Waals surface area contributed by atoms with Crippen LogP contribution < -0.4 is 0 Å². The number of nitrogens with zero attached hydrogens (tertiary/aromatic N) is 1. The second-order valence-electron chi connectivity index (χ2n) is 6.24. The quantitative estimate of drug-likeness (QED) is 0.485. The molecule has 3 rings (SSSR count). The zero-order valence-corrected chi connectivity index (χ0v) is 15.9. The van der Waals surface area contributed by atoms with E-state index in [2.05, 4.69) is 4.98 Å². The van der Waals surface area contributed by atoms with E-state index in [0.717, 1.165) is 11.8 Å². The number of benzene rings is 2. The summed E-state index contributed by atoms with van der Waals surface area (Å²) >= 11 is 5.94. The van der Waals surface area contributed by atoms with Crippen molar-refractivity contribution in [2.45, 2.75) is 12.3 Å². The zero-order chi connectivity index (χ0) is 20.8. The second-order valence-corrected chi connectivity index (χ2v) is 6.68. The van der Waals surface area contributed by atoms with Crippen LogP contribution in [0, 0.1) is 0 Å². The van der Waals surface area contributed by atoms with Crippen LogP contribution in [0.2, 0.25) is 5.02 Å². The van der Waals surface area contributed by atoms with Gasteiger partial charge in [0.05, 0.1) is 11.5 Å². The number of aromatic carboxylic acids is 1. The van der Waals surface area contributed by atoms with E-state index in [-0.39, 0.29) is 11.3 Å². The van der Waals surface area contributed by atoms with Crippen LogP contribution in [0.15, 0.2) is 72.9 Å². The summed E-state index contributed by atoms with van der Waals surface area (Å²) in [6.45, 7) is 0. The molecule has 1 unspecified atom stereocenters. The summed E-state index contributed by atoms with van der Waals surface area (Å²) in [6.07, 6.45) is 1.40. The summed E-state index contributed by atoms with van der Waals surface area (Å²) in [6, 6.07) is 18.5. The Balaban J connectivity index is 1.80. The summed E-state index contributed by atoms with van der Waals surface area (Å²) in [5.74, 6) is -3.55. The van der Waals surface area contributed by atoms with Gasteiger partial charge in [0.15, 0.2) is 0 Å². The number of pyridine rings is 1. The van der Waals surface area contributed by atoms with Gasteiger partial charge >= 0.3 is 17.9 Å². The molecule has 0 saturated carbocycles. The first kappa shape index (κ1) is 20.2. The van der Waals surface area contributed by atoms with Gasteiger partial charge in [-0.3, -0.25) is 4.79 Å². The van der Waals surface area contributed by atoms with Crippen molar-refractivity contribution in [3.05, 3.63) is 100 Å². The van der Waals surface area contributed by atoms with E-state index in [1.165, 1.54) is 12.1 Å². The van der Waals surface area contributed by atoms with E-state index in [1.54, 1.807) is 24.3 Å². The minimum Gasteiger partial charge on any atom is -0.477 e. The first-order valence-corrected chi connectivity index (χ1v) is 9.06. The number of hydrogen-bond acceptors (Lipinski definition) is 5. The lowest BCUT2D eigenvalue weighted by Crippen LogP contribution is -2.22. The molecule has 1 heterocycles. The molecule has 6 nitrogen and oxygen atoms in total. The highest BCUT2D eigenvalue weighted by Crippen LogP contribution is 2.25. The maximum Gasteiger partial charge on any atom is 0.354 e. The minimum atomic E-state index is -1.22. The van der Waals surface area contributed by atoms with Crippen molar-refractivity contribution in [1.29, 1.82) is 0 Å². The highest BCUT2D eigenvalue weighted by atomic mass is 35.5. The van der Waals surface area contributed by atoms with Gasteiger partial charge in [0.25, 0.3) is 0 Å². The van der Waals surface area contributed by atoms with Crippen molar-refractivity contribution in [3.63, 3.8) is 0 Å². The Kier molecular flexibility index (Phi) is 6.36. The molecule has 0 saturated heterocycles. The first-order chi connectivity index (χ1) is 13.9. The second kappa shape index (κ2) is 9.12.